The number of oxime groups is 1. The largest absolute Gasteiger partial charge is 0.516 e. The number of halogens is 4. The van der Waals surface area contributed by atoms with Gasteiger partial charge in [-0.05, 0) is 48.9 Å². The van der Waals surface area contributed by atoms with E-state index in [1.165, 1.54) is 41.1 Å². The van der Waals surface area contributed by atoms with Crippen molar-refractivity contribution in [1.29, 1.82) is 5.26 Å². The molecule has 0 atom stereocenters. The number of nitrogens with one attached hydrogen (secondary N) is 1. The van der Waals surface area contributed by atoms with E-state index in [1.807, 2.05) is 6.07 Å². The molecule has 0 bridgehead atoms. The van der Waals surface area contributed by atoms with E-state index in [0.717, 1.165) is 6.07 Å². The Labute approximate surface area is 164 Å². The molecule has 28 heavy (non-hydrogen) atoms. The number of sulfonamides is 1. The first-order chi connectivity index (χ1) is 13.1. The fraction of sp³-hybridized carbons (Fsp3) is 0.176. The van der Waals surface area contributed by atoms with Gasteiger partial charge in [0.15, 0.2) is 5.75 Å². The Hall–Kier alpha value is -2.77. The molecule has 0 aliphatic heterocycles. The fourth-order valence-electron chi connectivity index (χ4n) is 2.05. The second kappa shape index (κ2) is 8.50. The van der Waals surface area contributed by atoms with Crippen LogP contribution in [0.1, 0.15) is 24.5 Å². The Balaban J connectivity index is 2.39. The van der Waals surface area contributed by atoms with Gasteiger partial charge in [-0.3, -0.25) is 4.72 Å². The van der Waals surface area contributed by atoms with Gasteiger partial charge in [-0.25, -0.2) is 0 Å². The van der Waals surface area contributed by atoms with Crippen molar-refractivity contribution in [3.63, 3.8) is 0 Å². The molecule has 148 valence electrons. The van der Waals surface area contributed by atoms with Crippen molar-refractivity contribution >= 4 is 33.0 Å². The number of benzene rings is 2. The summed E-state index contributed by atoms with van der Waals surface area (Å²) in [6.07, 6.45) is 0.206. The van der Waals surface area contributed by atoms with E-state index in [2.05, 4.69) is 5.16 Å². The van der Waals surface area contributed by atoms with Gasteiger partial charge in [0.05, 0.1) is 23.0 Å². The molecule has 0 unspecified atom stereocenters. The van der Waals surface area contributed by atoms with Crippen molar-refractivity contribution in [2.24, 2.45) is 5.16 Å². The summed E-state index contributed by atoms with van der Waals surface area (Å²) >= 11 is 5.90. The number of hydrogen-bond acceptors (Lipinski definition) is 5. The minimum Gasteiger partial charge on any atom is -0.357 e. The average Bonchev–Trinajstić information content (AvgIpc) is 2.63. The second-order valence-electron chi connectivity index (χ2n) is 5.36. The summed E-state index contributed by atoms with van der Waals surface area (Å²) in [5, 5.41) is 12.8. The first kappa shape index (κ1) is 21.5. The maximum atomic E-state index is 12.7. The van der Waals surface area contributed by atoms with E-state index in [1.54, 1.807) is 6.92 Å². The van der Waals surface area contributed by atoms with Crippen molar-refractivity contribution in [1.82, 2.24) is 0 Å². The molecule has 0 saturated heterocycles. The van der Waals surface area contributed by atoms with Crippen molar-refractivity contribution in [2.45, 2.75) is 18.9 Å². The Morgan fingerprint density at radius 2 is 1.89 bits per heavy atom. The molecule has 0 saturated carbocycles. The van der Waals surface area contributed by atoms with Gasteiger partial charge in [0.1, 0.15) is 0 Å². The molecule has 0 fully saturated rings. The minimum absolute atomic E-state index is 0.0384. The molecule has 2 aromatic carbocycles. The Morgan fingerprint density at radius 3 is 2.43 bits per heavy atom. The summed E-state index contributed by atoms with van der Waals surface area (Å²) in [5.74, 6) is 0.282. The van der Waals surface area contributed by atoms with Gasteiger partial charge in [0, 0.05) is 10.6 Å². The summed E-state index contributed by atoms with van der Waals surface area (Å²) < 4.78 is 62.5. The maximum absolute atomic E-state index is 12.7. The Morgan fingerprint density at radius 1 is 1.25 bits per heavy atom. The zero-order valence-corrected chi connectivity index (χ0v) is 15.9. The highest BCUT2D eigenvalue weighted by Gasteiger charge is 2.46. The number of alkyl halides is 3. The van der Waals surface area contributed by atoms with Crippen LogP contribution in [-0.4, -0.2) is 19.6 Å². The van der Waals surface area contributed by atoms with Crippen LogP contribution in [0.25, 0.3) is 0 Å². The third kappa shape index (κ3) is 5.15. The van der Waals surface area contributed by atoms with Crippen LogP contribution in [0.2, 0.25) is 5.02 Å². The van der Waals surface area contributed by atoms with Crippen molar-refractivity contribution in [2.75, 3.05) is 4.72 Å². The van der Waals surface area contributed by atoms with Crippen molar-refractivity contribution in [3.05, 3.63) is 58.6 Å². The molecule has 6 nitrogen and oxygen atoms in total. The summed E-state index contributed by atoms with van der Waals surface area (Å²) in [7, 11) is -5.62. The Bertz CT molecular complexity index is 1030. The zero-order valence-electron chi connectivity index (χ0n) is 14.3. The van der Waals surface area contributed by atoms with Crippen LogP contribution in [0.15, 0.2) is 47.6 Å². The Kier molecular flexibility index (Phi) is 6.53. The molecule has 0 amide bonds. The first-order valence-electron chi connectivity index (χ1n) is 7.70. The van der Waals surface area contributed by atoms with Crippen LogP contribution in [0.4, 0.5) is 18.9 Å². The summed E-state index contributed by atoms with van der Waals surface area (Å²) in [6.45, 7) is 1.66. The van der Waals surface area contributed by atoms with Gasteiger partial charge < -0.3 is 4.84 Å². The minimum atomic E-state index is -5.62. The number of rotatable bonds is 6. The highest BCUT2D eigenvalue weighted by Crippen LogP contribution is 2.29. The van der Waals surface area contributed by atoms with E-state index in [-0.39, 0.29) is 34.2 Å². The standard InChI is InChI=1S/C17H13ClF3N3O3S/c1-2-15(23-27-13-6-3-11(10-22)4-7-13)14-9-12(18)5-8-16(14)24-28(25,26)17(19,20)21/h3-9,24H,2H2,1H3. The van der Waals surface area contributed by atoms with Crippen LogP contribution >= 0.6 is 11.6 Å². The molecule has 0 aliphatic carbocycles. The lowest BCUT2D eigenvalue weighted by Crippen LogP contribution is -2.30. The van der Waals surface area contributed by atoms with Gasteiger partial charge in [0.2, 0.25) is 0 Å². The molecule has 2 aromatic rings. The normalized spacial score (nSPS) is 12.4. The van der Waals surface area contributed by atoms with Gasteiger partial charge in [-0.1, -0.05) is 23.7 Å². The fourth-order valence-corrected chi connectivity index (χ4v) is 2.80. The van der Waals surface area contributed by atoms with Gasteiger partial charge in [-0.15, -0.1) is 0 Å². The smallest absolute Gasteiger partial charge is 0.357 e. The number of anilines is 1. The van der Waals surface area contributed by atoms with Crippen LogP contribution in [0.5, 0.6) is 5.75 Å². The summed E-state index contributed by atoms with van der Waals surface area (Å²) in [4.78, 5) is 5.24. The predicted octanol–water partition coefficient (Wildman–Crippen LogP) is 4.67. The van der Waals surface area contributed by atoms with E-state index in [0.29, 0.717) is 5.56 Å². The summed E-state index contributed by atoms with van der Waals surface area (Å²) in [6, 6.07) is 11.5. The quantitative estimate of drug-likeness (QED) is 0.531. The van der Waals surface area contributed by atoms with Crippen molar-refractivity contribution < 1.29 is 26.4 Å². The monoisotopic (exact) mass is 431 g/mol. The molecule has 2 rings (SSSR count). The molecular weight excluding hydrogens is 419 g/mol. The first-order valence-corrected chi connectivity index (χ1v) is 9.56. The molecule has 0 heterocycles. The van der Waals surface area contributed by atoms with Crippen LogP contribution < -0.4 is 9.56 Å². The lowest BCUT2D eigenvalue weighted by molar-refractivity contribution is -0.0429. The molecule has 0 aliphatic rings. The van der Waals surface area contributed by atoms with Gasteiger partial charge in [-0.2, -0.15) is 26.9 Å². The third-order valence-electron chi connectivity index (χ3n) is 3.42. The van der Waals surface area contributed by atoms with E-state index >= 15 is 0 Å². The van der Waals surface area contributed by atoms with Crippen LogP contribution in [0, 0.1) is 11.3 Å². The summed E-state index contributed by atoms with van der Waals surface area (Å²) in [5.41, 5.74) is -5.22. The number of hydrogen-bond donors (Lipinski definition) is 1. The van der Waals surface area contributed by atoms with Gasteiger partial charge in [0.25, 0.3) is 0 Å². The second-order valence-corrected chi connectivity index (χ2v) is 7.47. The highest BCUT2D eigenvalue weighted by molar-refractivity contribution is 7.93. The van der Waals surface area contributed by atoms with Gasteiger partial charge >= 0.3 is 15.5 Å². The molecule has 0 radical (unpaired) electrons. The SMILES string of the molecule is CCC(=NOc1ccc(C#N)cc1)c1cc(Cl)ccc1NS(=O)(=O)C(F)(F)F. The van der Waals surface area contributed by atoms with Crippen LogP contribution in [-0.2, 0) is 10.0 Å². The number of nitriles is 1. The third-order valence-corrected chi connectivity index (χ3v) is 4.75. The highest BCUT2D eigenvalue weighted by atomic mass is 35.5. The van der Waals surface area contributed by atoms with E-state index < -0.39 is 15.5 Å². The lowest BCUT2D eigenvalue weighted by atomic mass is 10.1. The average molecular weight is 432 g/mol. The molecule has 11 heteroatoms. The zero-order chi connectivity index (χ0) is 20.9. The molecule has 0 spiro atoms. The predicted molar refractivity (Wildman–Crippen MR) is 98.7 cm³/mol. The van der Waals surface area contributed by atoms with Crippen LogP contribution in [0.3, 0.4) is 0 Å². The topological polar surface area (TPSA) is 91.5 Å². The van der Waals surface area contributed by atoms with Crippen molar-refractivity contribution in [3.8, 4) is 11.8 Å². The molecular formula is C17H13ClF3N3O3S. The molecule has 1 N–H and O–H groups in total. The molecule has 0 aromatic heterocycles. The maximum Gasteiger partial charge on any atom is 0.516 e. The lowest BCUT2D eigenvalue weighted by Gasteiger charge is -2.15. The van der Waals surface area contributed by atoms with E-state index in [4.69, 9.17) is 21.7 Å². The van der Waals surface area contributed by atoms with E-state index in [9.17, 15) is 21.6 Å². The number of nitrogens with zero attached hydrogens (tertiary/aromatic N) is 2.